The van der Waals surface area contributed by atoms with Gasteiger partial charge in [0.2, 0.25) is 20.0 Å². The van der Waals surface area contributed by atoms with E-state index in [2.05, 4.69) is 0 Å². The average Bonchev–Trinajstić information content (AvgIpc) is 2.37. The van der Waals surface area contributed by atoms with E-state index in [4.69, 9.17) is 5.11 Å². The van der Waals surface area contributed by atoms with Gasteiger partial charge in [-0.05, 0) is 19.1 Å². The van der Waals surface area contributed by atoms with Crippen LogP contribution in [0.4, 0.5) is 0 Å². The van der Waals surface area contributed by atoms with Gasteiger partial charge in [0, 0.05) is 14.1 Å². The predicted octanol–water partition coefficient (Wildman–Crippen LogP) is -0.312. The van der Waals surface area contributed by atoms with Crippen LogP contribution < -0.4 is 4.72 Å². The van der Waals surface area contributed by atoms with E-state index in [9.17, 15) is 21.6 Å². The lowest BCUT2D eigenvalue weighted by Crippen LogP contribution is -2.39. The zero-order valence-electron chi connectivity index (χ0n) is 11.6. The van der Waals surface area contributed by atoms with Crippen molar-refractivity contribution in [3.8, 4) is 0 Å². The van der Waals surface area contributed by atoms with Gasteiger partial charge in [0.05, 0.1) is 0 Å². The van der Waals surface area contributed by atoms with Crippen LogP contribution in [0.1, 0.15) is 6.92 Å². The minimum Gasteiger partial charge on any atom is -0.480 e. The molecule has 0 aliphatic carbocycles. The summed E-state index contributed by atoms with van der Waals surface area (Å²) in [5.74, 6) is -1.37. The number of benzene rings is 1. The highest BCUT2D eigenvalue weighted by Crippen LogP contribution is 2.22. The molecule has 0 amide bonds. The molecule has 0 bridgehead atoms. The highest BCUT2D eigenvalue weighted by molar-refractivity contribution is 7.92. The van der Waals surface area contributed by atoms with Crippen molar-refractivity contribution in [3.63, 3.8) is 0 Å². The van der Waals surface area contributed by atoms with Gasteiger partial charge in [-0.1, -0.05) is 12.1 Å². The lowest BCUT2D eigenvalue weighted by molar-refractivity contribution is -0.138. The van der Waals surface area contributed by atoms with Gasteiger partial charge in [0.25, 0.3) is 0 Å². The molecule has 0 radical (unpaired) electrons. The fraction of sp³-hybridized carbons (Fsp3) is 0.364. The number of carboxylic acid groups (broad SMARTS) is 1. The smallest absolute Gasteiger partial charge is 0.321 e. The fourth-order valence-electron chi connectivity index (χ4n) is 1.43. The molecule has 8 nitrogen and oxygen atoms in total. The summed E-state index contributed by atoms with van der Waals surface area (Å²) in [4.78, 5) is 9.83. The van der Waals surface area contributed by atoms with Gasteiger partial charge in [-0.25, -0.2) is 21.1 Å². The maximum Gasteiger partial charge on any atom is 0.321 e. The van der Waals surface area contributed by atoms with Crippen LogP contribution in [-0.2, 0) is 24.8 Å². The highest BCUT2D eigenvalue weighted by atomic mass is 32.2. The summed E-state index contributed by atoms with van der Waals surface area (Å²) in [7, 11) is -5.73. The Morgan fingerprint density at radius 1 is 1.14 bits per heavy atom. The van der Waals surface area contributed by atoms with Crippen molar-refractivity contribution >= 4 is 26.0 Å². The van der Waals surface area contributed by atoms with Gasteiger partial charge in [0.15, 0.2) is 0 Å². The van der Waals surface area contributed by atoms with Crippen LogP contribution in [0.15, 0.2) is 34.1 Å². The van der Waals surface area contributed by atoms with Crippen molar-refractivity contribution in [1.29, 1.82) is 0 Å². The van der Waals surface area contributed by atoms with Crippen molar-refractivity contribution in [3.05, 3.63) is 24.3 Å². The van der Waals surface area contributed by atoms with E-state index in [0.717, 1.165) is 23.4 Å². The van der Waals surface area contributed by atoms with Crippen LogP contribution >= 0.6 is 0 Å². The number of nitrogens with one attached hydrogen (secondary N) is 1. The second kappa shape index (κ2) is 6.10. The van der Waals surface area contributed by atoms with Crippen molar-refractivity contribution in [2.75, 3.05) is 14.1 Å². The molecule has 118 valence electrons. The van der Waals surface area contributed by atoms with Crippen LogP contribution in [0.25, 0.3) is 0 Å². The van der Waals surface area contributed by atoms with Crippen molar-refractivity contribution in [2.24, 2.45) is 0 Å². The molecule has 1 aromatic rings. The highest BCUT2D eigenvalue weighted by Gasteiger charge is 2.29. The molecular weight excluding hydrogens is 320 g/mol. The van der Waals surface area contributed by atoms with Gasteiger partial charge >= 0.3 is 5.97 Å². The zero-order valence-corrected chi connectivity index (χ0v) is 13.3. The van der Waals surface area contributed by atoms with Crippen LogP contribution in [-0.4, -0.2) is 52.4 Å². The molecule has 10 heteroatoms. The van der Waals surface area contributed by atoms with Crippen LogP contribution in [0, 0.1) is 0 Å². The van der Waals surface area contributed by atoms with E-state index in [1.165, 1.54) is 26.2 Å². The largest absolute Gasteiger partial charge is 0.480 e. The molecule has 1 unspecified atom stereocenters. The van der Waals surface area contributed by atoms with E-state index in [1.54, 1.807) is 0 Å². The summed E-state index contributed by atoms with van der Waals surface area (Å²) < 4.78 is 51.4. The number of sulfonamides is 2. The first-order chi connectivity index (χ1) is 9.50. The Morgan fingerprint density at radius 2 is 1.62 bits per heavy atom. The molecule has 0 saturated heterocycles. The number of hydrogen-bond donors (Lipinski definition) is 2. The number of aliphatic carboxylic acids is 1. The predicted molar refractivity (Wildman–Crippen MR) is 74.7 cm³/mol. The second-order valence-corrected chi connectivity index (χ2v) is 8.22. The number of hydrogen-bond acceptors (Lipinski definition) is 5. The van der Waals surface area contributed by atoms with E-state index in [1.807, 2.05) is 4.72 Å². The minimum atomic E-state index is -4.29. The lowest BCUT2D eigenvalue weighted by atomic mass is 10.4. The van der Waals surface area contributed by atoms with Crippen molar-refractivity contribution in [2.45, 2.75) is 22.8 Å². The molecule has 1 atom stereocenters. The minimum absolute atomic E-state index is 0.417. The van der Waals surface area contributed by atoms with E-state index < -0.39 is 41.8 Å². The number of rotatable bonds is 6. The van der Waals surface area contributed by atoms with E-state index >= 15 is 0 Å². The molecule has 0 spiro atoms. The quantitative estimate of drug-likeness (QED) is 0.735. The monoisotopic (exact) mass is 336 g/mol. The summed E-state index contributed by atoms with van der Waals surface area (Å²) in [6.07, 6.45) is 0. The molecule has 0 aromatic heterocycles. The maximum atomic E-state index is 12.2. The molecule has 1 aromatic carbocycles. The van der Waals surface area contributed by atoms with Crippen molar-refractivity contribution in [1.82, 2.24) is 9.03 Å². The third-order valence-electron chi connectivity index (χ3n) is 2.60. The SMILES string of the molecule is CC(NS(=O)(=O)c1ccccc1S(=O)(=O)N(C)C)C(=O)O. The number of carbonyl (C=O) groups is 1. The third kappa shape index (κ3) is 3.79. The zero-order chi connectivity index (χ0) is 16.4. The van der Waals surface area contributed by atoms with Gasteiger partial charge in [-0.2, -0.15) is 4.72 Å². The van der Waals surface area contributed by atoms with Crippen LogP contribution in [0.2, 0.25) is 0 Å². The van der Waals surface area contributed by atoms with E-state index in [0.29, 0.717) is 0 Å². The summed E-state index contributed by atoms with van der Waals surface area (Å²) in [6.45, 7) is 1.14. The normalized spacial score (nSPS) is 14.1. The second-order valence-electron chi connectivity index (χ2n) is 4.42. The Bertz CT molecular complexity index is 740. The van der Waals surface area contributed by atoms with Gasteiger partial charge in [-0.15, -0.1) is 0 Å². The molecule has 21 heavy (non-hydrogen) atoms. The first kappa shape index (κ1) is 17.6. The standard InChI is InChI=1S/C11H16N2O6S2/c1-8(11(14)15)12-20(16,17)9-6-4-5-7-10(9)21(18,19)13(2)3/h4-8,12H,1-3H3,(H,14,15). The fourth-order valence-corrected chi connectivity index (χ4v) is 4.32. The van der Waals surface area contributed by atoms with Crippen molar-refractivity contribution < 1.29 is 26.7 Å². The summed E-state index contributed by atoms with van der Waals surface area (Å²) in [5, 5.41) is 8.76. The molecule has 0 heterocycles. The molecular formula is C11H16N2O6S2. The number of nitrogens with zero attached hydrogens (tertiary/aromatic N) is 1. The van der Waals surface area contributed by atoms with E-state index in [-0.39, 0.29) is 0 Å². The van der Waals surface area contributed by atoms with Gasteiger partial charge in [-0.3, -0.25) is 4.79 Å². The molecule has 0 saturated carbocycles. The topological polar surface area (TPSA) is 121 Å². The maximum absolute atomic E-state index is 12.2. The van der Waals surface area contributed by atoms with Gasteiger partial charge < -0.3 is 5.11 Å². The third-order valence-corrected chi connectivity index (χ3v) is 6.20. The van der Waals surface area contributed by atoms with Gasteiger partial charge in [0.1, 0.15) is 15.8 Å². The average molecular weight is 336 g/mol. The Labute approximate surface area is 123 Å². The molecule has 0 aliphatic heterocycles. The summed E-state index contributed by atoms with van der Waals surface area (Å²) in [6, 6.07) is 3.61. The molecule has 1 rings (SSSR count). The Balaban J connectivity index is 3.43. The van der Waals surface area contributed by atoms with Crippen LogP contribution in [0.5, 0.6) is 0 Å². The molecule has 0 fully saturated rings. The Kier molecular flexibility index (Phi) is 5.10. The Morgan fingerprint density at radius 3 is 2.05 bits per heavy atom. The van der Waals surface area contributed by atoms with Crippen LogP contribution in [0.3, 0.4) is 0 Å². The lowest BCUT2D eigenvalue weighted by Gasteiger charge is -2.16. The Hall–Kier alpha value is -1.49. The summed E-state index contributed by atoms with van der Waals surface area (Å²) in [5.41, 5.74) is 0. The summed E-state index contributed by atoms with van der Waals surface area (Å²) >= 11 is 0. The first-order valence-corrected chi connectivity index (χ1v) is 8.69. The molecule has 2 N–H and O–H groups in total. The number of carboxylic acids is 1. The first-order valence-electron chi connectivity index (χ1n) is 5.77. The molecule has 0 aliphatic rings.